The molecule has 0 amide bonds. The molecule has 4 saturated carbocycles. The van der Waals surface area contributed by atoms with Crippen LogP contribution in [-0.2, 0) is 0 Å². The molecular formula is C24H44. The predicted octanol–water partition coefficient (Wildman–Crippen LogP) is 8.01. The Morgan fingerprint density at radius 3 is 1.96 bits per heavy atom. The molecule has 0 spiro atoms. The summed E-state index contributed by atoms with van der Waals surface area (Å²) in [5, 5.41) is 0. The van der Waals surface area contributed by atoms with E-state index >= 15 is 0 Å². The fraction of sp³-hybridized carbons (Fsp3) is 1.00. The summed E-state index contributed by atoms with van der Waals surface area (Å²) in [4.78, 5) is 0. The molecule has 0 aliphatic heterocycles. The minimum Gasteiger partial charge on any atom is -0.0651 e. The summed E-state index contributed by atoms with van der Waals surface area (Å²) in [6, 6.07) is 0. The minimum absolute atomic E-state index is 1.09. The topological polar surface area (TPSA) is 0 Å². The largest absolute Gasteiger partial charge is 0.0651 e. The molecule has 4 fully saturated rings. The van der Waals surface area contributed by atoms with E-state index in [0.29, 0.717) is 0 Å². The molecule has 4 aliphatic rings. The van der Waals surface area contributed by atoms with Crippen LogP contribution < -0.4 is 0 Å². The molecule has 0 aromatic rings. The highest BCUT2D eigenvalue weighted by Crippen LogP contribution is 2.45. The Morgan fingerprint density at radius 2 is 1.21 bits per heavy atom. The van der Waals surface area contributed by atoms with Crippen LogP contribution in [0.1, 0.15) is 117 Å². The van der Waals surface area contributed by atoms with Gasteiger partial charge in [-0.15, -0.1) is 0 Å². The second kappa shape index (κ2) is 9.63. The lowest BCUT2D eigenvalue weighted by Gasteiger charge is -2.41. The van der Waals surface area contributed by atoms with Crippen molar-refractivity contribution in [3.63, 3.8) is 0 Å². The van der Waals surface area contributed by atoms with Crippen molar-refractivity contribution in [1.29, 1.82) is 0 Å². The standard InChI is InChI=1S/2C12H22/c1-2-10-7-5-8-11-6-3-4-9-12(10)11;1-2-10-7-8-11-5-3-4-6-12(11)9-10/h2*10-12H,2-9H2,1H3. The average molecular weight is 333 g/mol. The van der Waals surface area contributed by atoms with E-state index in [2.05, 4.69) is 13.8 Å². The summed E-state index contributed by atoms with van der Waals surface area (Å²) < 4.78 is 0. The summed E-state index contributed by atoms with van der Waals surface area (Å²) in [5.74, 6) is 6.74. The molecule has 0 aromatic heterocycles. The monoisotopic (exact) mass is 332 g/mol. The number of rotatable bonds is 2. The first-order chi connectivity index (χ1) is 11.8. The highest BCUT2D eigenvalue weighted by Gasteiger charge is 2.33. The third-order valence-electron chi connectivity index (χ3n) is 8.47. The summed E-state index contributed by atoms with van der Waals surface area (Å²) in [7, 11) is 0. The van der Waals surface area contributed by atoms with Crippen LogP contribution in [0.4, 0.5) is 0 Å². The van der Waals surface area contributed by atoms with Crippen molar-refractivity contribution in [2.45, 2.75) is 117 Å². The fourth-order valence-electron chi connectivity index (χ4n) is 6.92. The molecule has 0 bridgehead atoms. The van der Waals surface area contributed by atoms with Crippen LogP contribution in [0.3, 0.4) is 0 Å². The van der Waals surface area contributed by atoms with E-state index in [1.54, 1.807) is 44.9 Å². The lowest BCUT2D eigenvalue weighted by atomic mass is 9.65. The van der Waals surface area contributed by atoms with Crippen molar-refractivity contribution in [3.8, 4) is 0 Å². The third-order valence-corrected chi connectivity index (χ3v) is 8.47. The molecule has 0 heteroatoms. The van der Waals surface area contributed by atoms with Gasteiger partial charge < -0.3 is 0 Å². The van der Waals surface area contributed by atoms with Gasteiger partial charge in [0, 0.05) is 0 Å². The third kappa shape index (κ3) is 4.79. The van der Waals surface area contributed by atoms with Crippen LogP contribution in [0, 0.1) is 35.5 Å². The van der Waals surface area contributed by atoms with Gasteiger partial charge in [-0.05, 0) is 54.8 Å². The van der Waals surface area contributed by atoms with E-state index in [4.69, 9.17) is 0 Å². The molecular weight excluding hydrogens is 288 g/mol. The van der Waals surface area contributed by atoms with Gasteiger partial charge in [0.2, 0.25) is 0 Å². The van der Waals surface area contributed by atoms with Crippen molar-refractivity contribution >= 4 is 0 Å². The van der Waals surface area contributed by atoms with Gasteiger partial charge in [0.15, 0.2) is 0 Å². The Bertz CT molecular complexity index is 335. The SMILES string of the molecule is CCC1CCC2CCCCC2C1.CCC1CCCC2CCCCC12. The molecule has 0 nitrogen and oxygen atoms in total. The molecule has 4 aliphatic carbocycles. The highest BCUT2D eigenvalue weighted by molar-refractivity contribution is 4.84. The van der Waals surface area contributed by atoms with E-state index in [9.17, 15) is 0 Å². The van der Waals surface area contributed by atoms with Crippen molar-refractivity contribution < 1.29 is 0 Å². The van der Waals surface area contributed by atoms with E-state index in [-0.39, 0.29) is 0 Å². The molecule has 0 saturated heterocycles. The van der Waals surface area contributed by atoms with E-state index in [1.165, 1.54) is 57.8 Å². The first-order valence-electron chi connectivity index (χ1n) is 11.8. The number of hydrogen-bond acceptors (Lipinski definition) is 0. The van der Waals surface area contributed by atoms with Gasteiger partial charge in [0.05, 0.1) is 0 Å². The maximum Gasteiger partial charge on any atom is -0.0358 e. The van der Waals surface area contributed by atoms with Crippen LogP contribution in [-0.4, -0.2) is 0 Å². The Hall–Kier alpha value is 0. The van der Waals surface area contributed by atoms with Crippen molar-refractivity contribution in [3.05, 3.63) is 0 Å². The summed E-state index contributed by atoms with van der Waals surface area (Å²) in [5.41, 5.74) is 0. The molecule has 140 valence electrons. The van der Waals surface area contributed by atoms with Crippen molar-refractivity contribution in [1.82, 2.24) is 0 Å². The number of fused-ring (bicyclic) bond motifs is 2. The Balaban J connectivity index is 0.000000141. The highest BCUT2D eigenvalue weighted by atomic mass is 14.4. The maximum atomic E-state index is 2.39. The second-order valence-corrected chi connectivity index (χ2v) is 9.70. The van der Waals surface area contributed by atoms with E-state index in [0.717, 1.165) is 35.5 Å². The molecule has 0 radical (unpaired) electrons. The number of hydrogen-bond donors (Lipinski definition) is 0. The molecule has 0 N–H and O–H groups in total. The van der Waals surface area contributed by atoms with E-state index in [1.807, 2.05) is 0 Å². The first-order valence-corrected chi connectivity index (χ1v) is 11.8. The maximum absolute atomic E-state index is 2.39. The quantitative estimate of drug-likeness (QED) is 0.480. The fourth-order valence-corrected chi connectivity index (χ4v) is 6.92. The zero-order chi connectivity index (χ0) is 16.8. The van der Waals surface area contributed by atoms with Crippen LogP contribution in [0.2, 0.25) is 0 Å². The molecule has 6 atom stereocenters. The molecule has 4 rings (SSSR count). The van der Waals surface area contributed by atoms with Gasteiger partial charge in [-0.1, -0.05) is 97.3 Å². The summed E-state index contributed by atoms with van der Waals surface area (Å²) in [6.07, 6.45) is 24.5. The Kier molecular flexibility index (Phi) is 7.54. The van der Waals surface area contributed by atoms with Gasteiger partial charge in [-0.2, -0.15) is 0 Å². The van der Waals surface area contributed by atoms with Gasteiger partial charge in [0.1, 0.15) is 0 Å². The van der Waals surface area contributed by atoms with Gasteiger partial charge >= 0.3 is 0 Å². The summed E-state index contributed by atoms with van der Waals surface area (Å²) >= 11 is 0. The van der Waals surface area contributed by atoms with Crippen molar-refractivity contribution in [2.24, 2.45) is 35.5 Å². The lowest BCUT2D eigenvalue weighted by Crippen LogP contribution is -2.30. The lowest BCUT2D eigenvalue weighted by molar-refractivity contribution is 0.101. The van der Waals surface area contributed by atoms with Gasteiger partial charge in [-0.25, -0.2) is 0 Å². The van der Waals surface area contributed by atoms with Crippen LogP contribution in [0.5, 0.6) is 0 Å². The molecule has 0 heterocycles. The van der Waals surface area contributed by atoms with Crippen LogP contribution in [0.25, 0.3) is 0 Å². The van der Waals surface area contributed by atoms with Gasteiger partial charge in [0.25, 0.3) is 0 Å². The first kappa shape index (κ1) is 18.8. The van der Waals surface area contributed by atoms with Crippen LogP contribution in [0.15, 0.2) is 0 Å². The molecule has 6 unspecified atom stereocenters. The second-order valence-electron chi connectivity index (χ2n) is 9.70. The zero-order valence-corrected chi connectivity index (χ0v) is 16.8. The predicted molar refractivity (Wildman–Crippen MR) is 106 cm³/mol. The molecule has 24 heavy (non-hydrogen) atoms. The Morgan fingerprint density at radius 1 is 0.542 bits per heavy atom. The van der Waals surface area contributed by atoms with Gasteiger partial charge in [-0.3, -0.25) is 0 Å². The summed E-state index contributed by atoms with van der Waals surface area (Å²) in [6.45, 7) is 4.76. The van der Waals surface area contributed by atoms with E-state index < -0.39 is 0 Å². The van der Waals surface area contributed by atoms with Crippen LogP contribution >= 0.6 is 0 Å². The zero-order valence-electron chi connectivity index (χ0n) is 16.8. The average Bonchev–Trinajstić information content (AvgIpc) is 2.67. The Labute approximate surface area is 152 Å². The minimum atomic E-state index is 1.09. The molecule has 0 aromatic carbocycles. The smallest absolute Gasteiger partial charge is 0.0358 e. The normalized spacial score (nSPS) is 42.2. The van der Waals surface area contributed by atoms with Crippen molar-refractivity contribution in [2.75, 3.05) is 0 Å².